The Morgan fingerprint density at radius 1 is 1.54 bits per heavy atom. The number of piperidine rings is 1. The first kappa shape index (κ1) is 11.4. The van der Waals surface area contributed by atoms with Crippen molar-refractivity contribution in [1.29, 1.82) is 0 Å². The molecule has 0 spiro atoms. The van der Waals surface area contributed by atoms with Crippen LogP contribution in [-0.4, -0.2) is 42.2 Å². The van der Waals surface area contributed by atoms with Crippen LogP contribution in [0.2, 0.25) is 0 Å². The molecule has 6 heteroatoms. The van der Waals surface area contributed by atoms with Crippen LogP contribution < -0.4 is 0 Å². The smallest absolute Gasteiger partial charge is 0.224 e. The monoisotopic (exact) mass is 271 g/mol. The summed E-state index contributed by atoms with van der Waals surface area (Å²) in [5, 5.41) is 8.91. The minimum atomic E-state index is -3.13. The molecule has 0 aromatic rings. The molecule has 1 fully saturated rings. The number of sulfonamides is 1. The zero-order valence-electron chi connectivity index (χ0n) is 7.32. The summed E-state index contributed by atoms with van der Waals surface area (Å²) in [6, 6.07) is 0. The largest absolute Gasteiger partial charge is 0.396 e. The molecule has 0 aromatic carbocycles. The van der Waals surface area contributed by atoms with E-state index in [0.717, 1.165) is 12.8 Å². The number of aliphatic hydroxyl groups is 1. The Bertz CT molecular complexity index is 254. The van der Waals surface area contributed by atoms with Crippen molar-refractivity contribution in [3.63, 3.8) is 0 Å². The van der Waals surface area contributed by atoms with Gasteiger partial charge in [-0.05, 0) is 18.8 Å². The highest BCUT2D eigenvalue weighted by Crippen LogP contribution is 2.19. The predicted octanol–water partition coefficient (Wildman–Crippen LogP) is 0.373. The molecule has 1 aliphatic rings. The Labute approximate surface area is 87.1 Å². The second-order valence-electron chi connectivity index (χ2n) is 3.27. The highest BCUT2D eigenvalue weighted by Gasteiger charge is 2.27. The Morgan fingerprint density at radius 3 is 2.77 bits per heavy atom. The van der Waals surface area contributed by atoms with Crippen molar-refractivity contribution in [1.82, 2.24) is 4.31 Å². The van der Waals surface area contributed by atoms with Gasteiger partial charge in [-0.3, -0.25) is 0 Å². The summed E-state index contributed by atoms with van der Waals surface area (Å²) in [7, 11) is -3.13. The predicted molar refractivity (Wildman–Crippen MR) is 54.1 cm³/mol. The minimum Gasteiger partial charge on any atom is -0.396 e. The Morgan fingerprint density at radius 2 is 2.23 bits per heavy atom. The molecule has 1 N–H and O–H groups in total. The van der Waals surface area contributed by atoms with Crippen LogP contribution in [-0.2, 0) is 10.0 Å². The van der Waals surface area contributed by atoms with Gasteiger partial charge in [0.25, 0.3) is 0 Å². The molecule has 1 saturated heterocycles. The molecule has 0 aromatic heterocycles. The molecule has 0 aliphatic carbocycles. The number of nitrogens with zero attached hydrogens (tertiary/aromatic N) is 1. The lowest BCUT2D eigenvalue weighted by Gasteiger charge is -2.30. The summed E-state index contributed by atoms with van der Waals surface area (Å²) in [5.41, 5.74) is 0. The van der Waals surface area contributed by atoms with E-state index in [4.69, 9.17) is 5.11 Å². The second-order valence-corrected chi connectivity index (χ2v) is 6.54. The van der Waals surface area contributed by atoms with Crippen LogP contribution in [0.1, 0.15) is 12.8 Å². The van der Waals surface area contributed by atoms with E-state index < -0.39 is 10.0 Å². The van der Waals surface area contributed by atoms with Gasteiger partial charge in [0.05, 0.1) is 0 Å². The molecular formula is C7H14BrNO3S. The molecule has 0 saturated carbocycles. The van der Waals surface area contributed by atoms with Gasteiger partial charge in [-0.15, -0.1) is 0 Å². The van der Waals surface area contributed by atoms with E-state index in [1.165, 1.54) is 4.31 Å². The fourth-order valence-electron chi connectivity index (χ4n) is 1.50. The van der Waals surface area contributed by atoms with E-state index in [1.807, 2.05) is 0 Å². The summed E-state index contributed by atoms with van der Waals surface area (Å²) in [5.74, 6) is 0.113. The molecule has 1 heterocycles. The van der Waals surface area contributed by atoms with E-state index in [0.29, 0.717) is 13.1 Å². The van der Waals surface area contributed by atoms with Gasteiger partial charge >= 0.3 is 0 Å². The van der Waals surface area contributed by atoms with Gasteiger partial charge in [0.15, 0.2) is 0 Å². The number of hydrogen-bond donors (Lipinski definition) is 1. The molecule has 0 radical (unpaired) electrons. The van der Waals surface area contributed by atoms with Crippen molar-refractivity contribution in [2.24, 2.45) is 5.92 Å². The molecule has 0 bridgehead atoms. The Kier molecular flexibility index (Phi) is 4.15. The normalized spacial score (nSPS) is 26.2. The van der Waals surface area contributed by atoms with E-state index in [1.54, 1.807) is 0 Å². The molecular weight excluding hydrogens is 258 g/mol. The first-order valence-electron chi connectivity index (χ1n) is 4.25. The van der Waals surface area contributed by atoms with Crippen molar-refractivity contribution in [2.45, 2.75) is 12.8 Å². The zero-order chi connectivity index (χ0) is 9.90. The highest BCUT2D eigenvalue weighted by molar-refractivity contribution is 9.10. The standard InChI is InChI=1S/C7H14BrNO3S/c8-6-13(11,12)9-3-1-2-7(4-9)5-10/h7,10H,1-6H2. The molecule has 1 rings (SSSR count). The van der Waals surface area contributed by atoms with Gasteiger partial charge in [0, 0.05) is 19.7 Å². The number of hydrogen-bond acceptors (Lipinski definition) is 3. The SMILES string of the molecule is O=S(=O)(CBr)N1CCCC(CO)C1. The molecule has 0 amide bonds. The number of halogens is 1. The van der Waals surface area contributed by atoms with Crippen molar-refractivity contribution in [3.05, 3.63) is 0 Å². The van der Waals surface area contributed by atoms with E-state index in [2.05, 4.69) is 15.9 Å². The van der Waals surface area contributed by atoms with Gasteiger partial charge < -0.3 is 5.11 Å². The number of alkyl halides is 1. The zero-order valence-corrected chi connectivity index (χ0v) is 9.72. The van der Waals surface area contributed by atoms with Crippen LogP contribution in [0, 0.1) is 5.92 Å². The van der Waals surface area contributed by atoms with Crippen molar-refractivity contribution in [3.8, 4) is 0 Å². The van der Waals surface area contributed by atoms with Crippen LogP contribution in [0.25, 0.3) is 0 Å². The third-order valence-electron chi connectivity index (χ3n) is 2.27. The lowest BCUT2D eigenvalue weighted by Crippen LogP contribution is -2.41. The van der Waals surface area contributed by atoms with Crippen molar-refractivity contribution >= 4 is 26.0 Å². The van der Waals surface area contributed by atoms with Gasteiger partial charge in [-0.1, -0.05) is 15.9 Å². The molecule has 4 nitrogen and oxygen atoms in total. The van der Waals surface area contributed by atoms with Crippen LogP contribution in [0.5, 0.6) is 0 Å². The quantitative estimate of drug-likeness (QED) is 0.755. The van der Waals surface area contributed by atoms with Gasteiger partial charge in [0.2, 0.25) is 10.0 Å². The maximum Gasteiger partial charge on any atom is 0.224 e. The van der Waals surface area contributed by atoms with E-state index >= 15 is 0 Å². The summed E-state index contributed by atoms with van der Waals surface area (Å²) in [4.78, 5) is 0. The fraction of sp³-hybridized carbons (Fsp3) is 1.00. The average molecular weight is 272 g/mol. The lowest BCUT2D eigenvalue weighted by atomic mass is 10.0. The van der Waals surface area contributed by atoms with E-state index in [-0.39, 0.29) is 17.2 Å². The van der Waals surface area contributed by atoms with E-state index in [9.17, 15) is 8.42 Å². The first-order chi connectivity index (χ1) is 6.10. The lowest BCUT2D eigenvalue weighted by molar-refractivity contribution is 0.166. The first-order valence-corrected chi connectivity index (χ1v) is 6.98. The van der Waals surface area contributed by atoms with Crippen LogP contribution in [0.15, 0.2) is 0 Å². The maximum absolute atomic E-state index is 11.4. The third kappa shape index (κ3) is 2.90. The van der Waals surface area contributed by atoms with Crippen molar-refractivity contribution in [2.75, 3.05) is 24.4 Å². The fourth-order valence-corrected chi connectivity index (χ4v) is 3.35. The second kappa shape index (κ2) is 4.72. The molecule has 1 unspecified atom stereocenters. The van der Waals surface area contributed by atoms with Gasteiger partial charge in [-0.25, -0.2) is 12.7 Å². The summed E-state index contributed by atoms with van der Waals surface area (Å²) >= 11 is 2.96. The molecule has 1 atom stereocenters. The van der Waals surface area contributed by atoms with Crippen molar-refractivity contribution < 1.29 is 13.5 Å². The van der Waals surface area contributed by atoms with Crippen LogP contribution >= 0.6 is 15.9 Å². The Hall–Kier alpha value is 0.350. The number of aliphatic hydroxyl groups excluding tert-OH is 1. The van der Waals surface area contributed by atoms with Gasteiger partial charge in [-0.2, -0.15) is 0 Å². The third-order valence-corrected chi connectivity index (χ3v) is 5.40. The Balaban J connectivity index is 2.61. The summed E-state index contributed by atoms with van der Waals surface area (Å²) in [6.45, 7) is 1.13. The highest BCUT2D eigenvalue weighted by atomic mass is 79.9. The molecule has 78 valence electrons. The summed E-state index contributed by atoms with van der Waals surface area (Å²) < 4.78 is 24.2. The average Bonchev–Trinajstić information content (AvgIpc) is 2.18. The van der Waals surface area contributed by atoms with Crippen LogP contribution in [0.4, 0.5) is 0 Å². The number of rotatable bonds is 3. The maximum atomic E-state index is 11.4. The van der Waals surface area contributed by atoms with Gasteiger partial charge in [0.1, 0.15) is 4.66 Å². The molecule has 13 heavy (non-hydrogen) atoms. The summed E-state index contributed by atoms with van der Waals surface area (Å²) in [6.07, 6.45) is 1.77. The van der Waals surface area contributed by atoms with Crippen LogP contribution in [0.3, 0.4) is 0 Å². The minimum absolute atomic E-state index is 0.0296. The molecule has 1 aliphatic heterocycles. The topological polar surface area (TPSA) is 57.6 Å².